The van der Waals surface area contributed by atoms with Gasteiger partial charge in [-0.25, -0.2) is 9.48 Å². The third-order valence-corrected chi connectivity index (χ3v) is 4.52. The number of ether oxygens (including phenoxy) is 2. The number of nitro groups is 1. The van der Waals surface area contributed by atoms with Gasteiger partial charge in [-0.15, -0.1) is 0 Å². The highest BCUT2D eigenvalue weighted by molar-refractivity contribution is 6.30. The van der Waals surface area contributed by atoms with Gasteiger partial charge in [-0.05, 0) is 44.7 Å². The average Bonchev–Trinajstić information content (AvgIpc) is 2.97. The van der Waals surface area contributed by atoms with Crippen molar-refractivity contribution in [2.45, 2.75) is 32.6 Å². The molecule has 0 saturated heterocycles. The number of benzene rings is 1. The number of carbonyl (C=O) groups is 1. The predicted molar refractivity (Wildman–Crippen MR) is 94.0 cm³/mol. The van der Waals surface area contributed by atoms with E-state index in [1.807, 2.05) is 0 Å². The van der Waals surface area contributed by atoms with E-state index in [1.54, 1.807) is 13.0 Å². The number of halogens is 1. The maximum Gasteiger partial charge on any atom is 0.344 e. The van der Waals surface area contributed by atoms with Gasteiger partial charge in [0.1, 0.15) is 5.15 Å². The van der Waals surface area contributed by atoms with Crippen LogP contribution in [0.25, 0.3) is 5.69 Å². The number of hydrogen-bond acceptors (Lipinski definition) is 6. The molecule has 0 fully saturated rings. The van der Waals surface area contributed by atoms with Gasteiger partial charge < -0.3 is 9.47 Å². The molecule has 0 radical (unpaired) electrons. The molecular formula is C17H18ClN3O5. The van der Waals surface area contributed by atoms with Crippen molar-refractivity contribution in [2.75, 3.05) is 13.2 Å². The van der Waals surface area contributed by atoms with Crippen molar-refractivity contribution in [2.24, 2.45) is 0 Å². The molecule has 1 aliphatic carbocycles. The van der Waals surface area contributed by atoms with Crippen molar-refractivity contribution >= 4 is 23.3 Å². The molecular weight excluding hydrogens is 362 g/mol. The lowest BCUT2D eigenvalue weighted by molar-refractivity contribution is -0.385. The number of fused-ring (bicyclic) bond motifs is 1. The van der Waals surface area contributed by atoms with Crippen LogP contribution in [0.3, 0.4) is 0 Å². The van der Waals surface area contributed by atoms with Gasteiger partial charge >= 0.3 is 11.7 Å². The highest BCUT2D eigenvalue weighted by Gasteiger charge is 2.23. The van der Waals surface area contributed by atoms with E-state index in [4.69, 9.17) is 21.1 Å². The Morgan fingerprint density at radius 1 is 1.38 bits per heavy atom. The normalized spacial score (nSPS) is 13.2. The summed E-state index contributed by atoms with van der Waals surface area (Å²) in [6.07, 6.45) is 3.82. The number of aryl methyl sites for hydroxylation is 1. The van der Waals surface area contributed by atoms with E-state index in [0.29, 0.717) is 10.8 Å². The van der Waals surface area contributed by atoms with E-state index in [9.17, 15) is 14.9 Å². The first kappa shape index (κ1) is 18.2. The van der Waals surface area contributed by atoms with Gasteiger partial charge in [-0.1, -0.05) is 11.6 Å². The van der Waals surface area contributed by atoms with Gasteiger partial charge in [0.25, 0.3) is 0 Å². The SMILES string of the molecule is CCOC(=O)COc1ccc(-n2nc3c(c2Cl)CCCC3)cc1[N+](=O)[O-]. The van der Waals surface area contributed by atoms with Crippen molar-refractivity contribution in [3.63, 3.8) is 0 Å². The molecule has 0 saturated carbocycles. The van der Waals surface area contributed by atoms with Gasteiger partial charge in [0.2, 0.25) is 0 Å². The maximum absolute atomic E-state index is 11.4. The van der Waals surface area contributed by atoms with E-state index in [1.165, 1.54) is 16.8 Å². The predicted octanol–water partition coefficient (Wildman–Crippen LogP) is 3.25. The van der Waals surface area contributed by atoms with Gasteiger partial charge in [0.15, 0.2) is 12.4 Å². The highest BCUT2D eigenvalue weighted by atomic mass is 35.5. The lowest BCUT2D eigenvalue weighted by atomic mass is 9.99. The van der Waals surface area contributed by atoms with Crippen molar-refractivity contribution in [3.05, 3.63) is 44.7 Å². The molecule has 1 aromatic heterocycles. The van der Waals surface area contributed by atoms with Crippen molar-refractivity contribution in [3.8, 4) is 11.4 Å². The van der Waals surface area contributed by atoms with E-state index in [0.717, 1.165) is 36.9 Å². The molecule has 0 spiro atoms. The molecule has 3 rings (SSSR count). The third kappa shape index (κ3) is 3.65. The fourth-order valence-electron chi connectivity index (χ4n) is 2.93. The Morgan fingerprint density at radius 2 is 2.15 bits per heavy atom. The summed E-state index contributed by atoms with van der Waals surface area (Å²) < 4.78 is 11.5. The summed E-state index contributed by atoms with van der Waals surface area (Å²) in [4.78, 5) is 22.2. The van der Waals surface area contributed by atoms with Crippen LogP contribution in [0.15, 0.2) is 18.2 Å². The van der Waals surface area contributed by atoms with Crippen LogP contribution in [0.1, 0.15) is 31.0 Å². The smallest absolute Gasteiger partial charge is 0.344 e. The summed E-state index contributed by atoms with van der Waals surface area (Å²) in [6, 6.07) is 4.40. The van der Waals surface area contributed by atoms with Gasteiger partial charge in [-0.2, -0.15) is 5.10 Å². The van der Waals surface area contributed by atoms with Gasteiger partial charge in [-0.3, -0.25) is 10.1 Å². The summed E-state index contributed by atoms with van der Waals surface area (Å²) >= 11 is 6.42. The Bertz CT molecular complexity index is 849. The summed E-state index contributed by atoms with van der Waals surface area (Å²) in [5, 5.41) is 16.4. The van der Waals surface area contributed by atoms with Gasteiger partial charge in [0, 0.05) is 11.6 Å². The first-order valence-corrected chi connectivity index (χ1v) is 8.72. The topological polar surface area (TPSA) is 96.5 Å². The molecule has 2 aromatic rings. The minimum atomic E-state index is -0.589. The molecule has 8 nitrogen and oxygen atoms in total. The highest BCUT2D eigenvalue weighted by Crippen LogP contribution is 2.33. The zero-order chi connectivity index (χ0) is 18.7. The molecule has 0 atom stereocenters. The van der Waals surface area contributed by atoms with E-state index in [2.05, 4.69) is 5.10 Å². The van der Waals surface area contributed by atoms with Crippen molar-refractivity contribution in [1.82, 2.24) is 9.78 Å². The van der Waals surface area contributed by atoms with Crippen LogP contribution < -0.4 is 4.74 Å². The number of nitrogens with zero attached hydrogens (tertiary/aromatic N) is 3. The van der Waals surface area contributed by atoms with Crippen LogP contribution in [0.4, 0.5) is 5.69 Å². The molecule has 26 heavy (non-hydrogen) atoms. The Morgan fingerprint density at radius 3 is 2.85 bits per heavy atom. The van der Waals surface area contributed by atoms with Crippen LogP contribution in [0, 0.1) is 10.1 Å². The Kier molecular flexibility index (Phi) is 5.41. The number of hydrogen-bond donors (Lipinski definition) is 0. The first-order valence-electron chi connectivity index (χ1n) is 8.34. The van der Waals surface area contributed by atoms with Crippen molar-refractivity contribution in [1.29, 1.82) is 0 Å². The largest absolute Gasteiger partial charge is 0.475 e. The molecule has 1 heterocycles. The molecule has 1 aliphatic rings. The number of rotatable bonds is 6. The molecule has 0 aliphatic heterocycles. The molecule has 0 N–H and O–H groups in total. The minimum Gasteiger partial charge on any atom is -0.475 e. The zero-order valence-corrected chi connectivity index (χ0v) is 15.0. The molecule has 0 amide bonds. The fourth-order valence-corrected chi connectivity index (χ4v) is 3.27. The number of esters is 1. The zero-order valence-electron chi connectivity index (χ0n) is 14.2. The second-order valence-electron chi connectivity index (χ2n) is 5.84. The van der Waals surface area contributed by atoms with E-state index >= 15 is 0 Å². The van der Waals surface area contributed by atoms with Gasteiger partial charge in [0.05, 0.1) is 22.9 Å². The average molecular weight is 380 g/mol. The summed E-state index contributed by atoms with van der Waals surface area (Å²) in [6.45, 7) is 1.49. The number of aromatic nitrogens is 2. The Hall–Kier alpha value is -2.61. The van der Waals surface area contributed by atoms with E-state index < -0.39 is 17.5 Å². The molecule has 138 valence electrons. The van der Waals surface area contributed by atoms with Crippen LogP contribution in [-0.2, 0) is 22.4 Å². The maximum atomic E-state index is 11.4. The van der Waals surface area contributed by atoms with Crippen molar-refractivity contribution < 1.29 is 19.2 Å². The van der Waals surface area contributed by atoms with Crippen LogP contribution in [0.2, 0.25) is 5.15 Å². The molecule has 0 bridgehead atoms. The van der Waals surface area contributed by atoms with Crippen LogP contribution >= 0.6 is 11.6 Å². The summed E-state index contributed by atoms with van der Waals surface area (Å²) in [7, 11) is 0. The van der Waals surface area contributed by atoms with Crippen LogP contribution in [-0.4, -0.2) is 33.9 Å². The second-order valence-corrected chi connectivity index (χ2v) is 6.20. The lowest BCUT2D eigenvalue weighted by Crippen LogP contribution is -2.15. The summed E-state index contributed by atoms with van der Waals surface area (Å²) in [5.74, 6) is -0.603. The lowest BCUT2D eigenvalue weighted by Gasteiger charge is -2.09. The van der Waals surface area contributed by atoms with E-state index in [-0.39, 0.29) is 18.0 Å². The second kappa shape index (κ2) is 7.74. The fraction of sp³-hybridized carbons (Fsp3) is 0.412. The Balaban J connectivity index is 1.90. The molecule has 9 heteroatoms. The molecule has 0 unspecified atom stereocenters. The quantitative estimate of drug-likeness (QED) is 0.434. The molecule has 1 aromatic carbocycles. The van der Waals surface area contributed by atoms with Crippen LogP contribution in [0.5, 0.6) is 5.75 Å². The monoisotopic (exact) mass is 379 g/mol. The number of carbonyl (C=O) groups excluding carboxylic acids is 1. The number of nitro benzene ring substituents is 1. The summed E-state index contributed by atoms with van der Waals surface area (Å²) in [5.41, 5.74) is 2.14. The first-order chi connectivity index (χ1) is 12.5. The Labute approximate surface area is 154 Å². The third-order valence-electron chi connectivity index (χ3n) is 4.13. The standard InChI is InChI=1S/C17H18ClN3O5/c1-2-25-16(22)10-26-15-8-7-11(9-14(15)21(23)24)20-17(18)12-5-3-4-6-13(12)19-20/h7-9H,2-6,10H2,1H3. The minimum absolute atomic E-state index is 0.0140.